The molecular formula is C12H7BrClFN2O. The Bertz CT molecular complexity index is 589. The van der Waals surface area contributed by atoms with Crippen molar-refractivity contribution >= 4 is 39.1 Å². The van der Waals surface area contributed by atoms with Crippen molar-refractivity contribution in [1.82, 2.24) is 4.98 Å². The average molecular weight is 330 g/mol. The van der Waals surface area contributed by atoms with Crippen LogP contribution in [0.1, 0.15) is 10.4 Å². The molecule has 0 saturated heterocycles. The average Bonchev–Trinajstić information content (AvgIpc) is 2.34. The minimum absolute atomic E-state index is 0.304. The molecule has 2 aromatic rings. The van der Waals surface area contributed by atoms with Gasteiger partial charge >= 0.3 is 0 Å². The Kier molecular flexibility index (Phi) is 3.93. The van der Waals surface area contributed by atoms with Crippen LogP contribution in [0.4, 0.5) is 10.1 Å². The molecule has 0 unspecified atom stereocenters. The fourth-order valence-corrected chi connectivity index (χ4v) is 1.76. The third-order valence-corrected chi connectivity index (χ3v) is 3.08. The van der Waals surface area contributed by atoms with Gasteiger partial charge in [-0.05, 0) is 46.3 Å². The minimum atomic E-state index is -0.428. The molecule has 0 radical (unpaired) electrons. The van der Waals surface area contributed by atoms with Crippen molar-refractivity contribution in [3.63, 3.8) is 0 Å². The van der Waals surface area contributed by atoms with Crippen LogP contribution in [0.2, 0.25) is 5.15 Å². The van der Waals surface area contributed by atoms with Gasteiger partial charge in [0, 0.05) is 10.7 Å². The zero-order valence-corrected chi connectivity index (χ0v) is 11.3. The molecule has 2 rings (SSSR count). The highest BCUT2D eigenvalue weighted by molar-refractivity contribution is 9.10. The second kappa shape index (κ2) is 5.46. The Labute approximate surface area is 116 Å². The Morgan fingerprint density at radius 2 is 2.11 bits per heavy atom. The van der Waals surface area contributed by atoms with Crippen LogP contribution in [0.15, 0.2) is 41.0 Å². The summed E-state index contributed by atoms with van der Waals surface area (Å²) in [4.78, 5) is 15.7. The van der Waals surface area contributed by atoms with Gasteiger partial charge in [0.15, 0.2) is 0 Å². The minimum Gasteiger partial charge on any atom is -0.321 e. The Balaban J connectivity index is 2.21. The van der Waals surface area contributed by atoms with Gasteiger partial charge in [0.1, 0.15) is 11.0 Å². The van der Waals surface area contributed by atoms with Crippen molar-refractivity contribution in [2.24, 2.45) is 0 Å². The molecule has 0 aliphatic heterocycles. The van der Waals surface area contributed by atoms with E-state index in [0.717, 1.165) is 0 Å². The Hall–Kier alpha value is -1.46. The summed E-state index contributed by atoms with van der Waals surface area (Å²) in [6.07, 6.45) is 1.35. The SMILES string of the molecule is O=C(Nc1cc(F)ccc1Br)c1ccc(Cl)nc1. The number of benzene rings is 1. The molecule has 1 amide bonds. The zero-order chi connectivity index (χ0) is 13.1. The van der Waals surface area contributed by atoms with Crippen molar-refractivity contribution in [3.05, 3.63) is 57.5 Å². The van der Waals surface area contributed by atoms with Gasteiger partial charge in [-0.15, -0.1) is 0 Å². The van der Waals surface area contributed by atoms with Crippen LogP contribution < -0.4 is 5.32 Å². The molecule has 1 aromatic heterocycles. The third-order valence-electron chi connectivity index (χ3n) is 2.17. The van der Waals surface area contributed by atoms with E-state index in [1.54, 1.807) is 0 Å². The Morgan fingerprint density at radius 1 is 1.33 bits per heavy atom. The van der Waals surface area contributed by atoms with E-state index >= 15 is 0 Å². The van der Waals surface area contributed by atoms with E-state index < -0.39 is 5.82 Å². The van der Waals surface area contributed by atoms with Crippen molar-refractivity contribution in [1.29, 1.82) is 0 Å². The van der Waals surface area contributed by atoms with Gasteiger partial charge in [-0.3, -0.25) is 4.79 Å². The maximum atomic E-state index is 13.1. The molecular weight excluding hydrogens is 322 g/mol. The number of aromatic nitrogens is 1. The molecule has 0 aliphatic carbocycles. The number of amides is 1. The van der Waals surface area contributed by atoms with Gasteiger partial charge < -0.3 is 5.32 Å². The fourth-order valence-electron chi connectivity index (χ4n) is 1.30. The predicted octanol–water partition coefficient (Wildman–Crippen LogP) is 3.89. The number of nitrogens with zero attached hydrogens (tertiary/aromatic N) is 1. The molecule has 1 aromatic carbocycles. The molecule has 0 aliphatic rings. The smallest absolute Gasteiger partial charge is 0.257 e. The standard InChI is InChI=1S/C12H7BrClFN2O/c13-9-3-2-8(15)5-10(9)17-12(18)7-1-4-11(14)16-6-7/h1-6H,(H,17,18). The van der Waals surface area contributed by atoms with Gasteiger partial charge in [0.05, 0.1) is 11.3 Å². The monoisotopic (exact) mass is 328 g/mol. The largest absolute Gasteiger partial charge is 0.321 e. The molecule has 6 heteroatoms. The third kappa shape index (κ3) is 3.05. The van der Waals surface area contributed by atoms with Gasteiger partial charge in [-0.1, -0.05) is 11.6 Å². The van der Waals surface area contributed by atoms with Crippen LogP contribution in [-0.2, 0) is 0 Å². The molecule has 1 heterocycles. The van der Waals surface area contributed by atoms with Crippen LogP contribution in [0.25, 0.3) is 0 Å². The van der Waals surface area contributed by atoms with Crippen LogP contribution in [0.3, 0.4) is 0 Å². The lowest BCUT2D eigenvalue weighted by Crippen LogP contribution is -2.12. The molecule has 92 valence electrons. The van der Waals surface area contributed by atoms with E-state index in [1.807, 2.05) is 0 Å². The van der Waals surface area contributed by atoms with E-state index in [1.165, 1.54) is 36.5 Å². The summed E-state index contributed by atoms with van der Waals surface area (Å²) < 4.78 is 13.6. The topological polar surface area (TPSA) is 42.0 Å². The van der Waals surface area contributed by atoms with Gasteiger partial charge in [0.25, 0.3) is 5.91 Å². The molecule has 0 bridgehead atoms. The maximum Gasteiger partial charge on any atom is 0.257 e. The molecule has 0 spiro atoms. The number of carbonyl (C=O) groups excluding carboxylic acids is 1. The number of pyridine rings is 1. The summed E-state index contributed by atoms with van der Waals surface area (Å²) in [5, 5.41) is 2.88. The number of carbonyl (C=O) groups is 1. The van der Waals surface area contributed by atoms with Gasteiger partial charge in [0.2, 0.25) is 0 Å². The molecule has 1 N–H and O–H groups in total. The van der Waals surface area contributed by atoms with Crippen LogP contribution in [-0.4, -0.2) is 10.9 Å². The first-order chi connectivity index (χ1) is 8.56. The first-order valence-electron chi connectivity index (χ1n) is 4.94. The maximum absolute atomic E-state index is 13.1. The van der Waals surface area contributed by atoms with E-state index in [2.05, 4.69) is 26.2 Å². The second-order valence-electron chi connectivity index (χ2n) is 3.45. The number of halogens is 3. The Morgan fingerprint density at radius 3 is 2.78 bits per heavy atom. The molecule has 0 atom stereocenters. The van der Waals surface area contributed by atoms with Gasteiger partial charge in [-0.25, -0.2) is 9.37 Å². The van der Waals surface area contributed by atoms with E-state index in [4.69, 9.17) is 11.6 Å². The summed E-state index contributed by atoms with van der Waals surface area (Å²) in [6, 6.07) is 7.09. The van der Waals surface area contributed by atoms with E-state index in [9.17, 15) is 9.18 Å². The van der Waals surface area contributed by atoms with E-state index in [-0.39, 0.29) is 5.91 Å². The van der Waals surface area contributed by atoms with Gasteiger partial charge in [-0.2, -0.15) is 0 Å². The summed E-state index contributed by atoms with van der Waals surface area (Å²) in [7, 11) is 0. The highest BCUT2D eigenvalue weighted by Crippen LogP contribution is 2.23. The molecule has 0 fully saturated rings. The quantitative estimate of drug-likeness (QED) is 0.849. The fraction of sp³-hybridized carbons (Fsp3) is 0. The predicted molar refractivity (Wildman–Crippen MR) is 71.3 cm³/mol. The second-order valence-corrected chi connectivity index (χ2v) is 4.69. The number of nitrogens with one attached hydrogen (secondary N) is 1. The summed E-state index contributed by atoms with van der Waals surface area (Å²) >= 11 is 8.85. The summed E-state index contributed by atoms with van der Waals surface area (Å²) in [5.41, 5.74) is 0.700. The van der Waals surface area contributed by atoms with Crippen molar-refractivity contribution in [2.75, 3.05) is 5.32 Å². The first kappa shape index (κ1) is 13.0. The normalized spacial score (nSPS) is 10.2. The first-order valence-corrected chi connectivity index (χ1v) is 6.11. The molecule has 3 nitrogen and oxygen atoms in total. The zero-order valence-electron chi connectivity index (χ0n) is 8.95. The lowest BCUT2D eigenvalue weighted by molar-refractivity contribution is 0.102. The lowest BCUT2D eigenvalue weighted by Gasteiger charge is -2.07. The van der Waals surface area contributed by atoms with Crippen molar-refractivity contribution < 1.29 is 9.18 Å². The molecule has 18 heavy (non-hydrogen) atoms. The summed E-state index contributed by atoms with van der Waals surface area (Å²) in [5.74, 6) is -0.812. The number of hydrogen-bond donors (Lipinski definition) is 1. The number of hydrogen-bond acceptors (Lipinski definition) is 2. The van der Waals surface area contributed by atoms with E-state index in [0.29, 0.717) is 20.9 Å². The van der Waals surface area contributed by atoms with Crippen LogP contribution >= 0.6 is 27.5 Å². The van der Waals surface area contributed by atoms with Crippen LogP contribution in [0, 0.1) is 5.82 Å². The highest BCUT2D eigenvalue weighted by atomic mass is 79.9. The lowest BCUT2D eigenvalue weighted by atomic mass is 10.2. The van der Waals surface area contributed by atoms with Crippen molar-refractivity contribution in [2.45, 2.75) is 0 Å². The number of anilines is 1. The van der Waals surface area contributed by atoms with Crippen molar-refractivity contribution in [3.8, 4) is 0 Å². The number of rotatable bonds is 2. The molecule has 0 saturated carbocycles. The van der Waals surface area contributed by atoms with Crippen LogP contribution in [0.5, 0.6) is 0 Å². The summed E-state index contributed by atoms with van der Waals surface area (Å²) in [6.45, 7) is 0. The highest BCUT2D eigenvalue weighted by Gasteiger charge is 2.09.